The number of methoxy groups -OCH3 is 1. The van der Waals surface area contributed by atoms with Crippen LogP contribution in [0.25, 0.3) is 28.0 Å². The van der Waals surface area contributed by atoms with Crippen LogP contribution in [0.4, 0.5) is 0 Å². The van der Waals surface area contributed by atoms with Crippen LogP contribution in [0.5, 0.6) is 11.9 Å². The van der Waals surface area contributed by atoms with Gasteiger partial charge in [-0.05, 0) is 35.0 Å². The quantitative estimate of drug-likeness (QED) is 0.576. The summed E-state index contributed by atoms with van der Waals surface area (Å²) in [6.45, 7) is 3.76. The summed E-state index contributed by atoms with van der Waals surface area (Å²) in [5.41, 5.74) is 3.11. The number of fused-ring (bicyclic) bond motifs is 2. The first kappa shape index (κ1) is 14.1. The molecule has 118 valence electrons. The summed E-state index contributed by atoms with van der Waals surface area (Å²) in [4.78, 5) is 15.6. The summed E-state index contributed by atoms with van der Waals surface area (Å²) in [5.74, 6) is 0.420. The molecule has 0 N–H and O–H groups in total. The first-order valence-electron chi connectivity index (χ1n) is 7.25. The Balaban J connectivity index is 1.80. The molecule has 0 aliphatic rings. The molecule has 0 fully saturated rings. The Kier molecular flexibility index (Phi) is 3.31. The zero-order valence-corrected chi connectivity index (χ0v) is 12.9. The second-order valence-corrected chi connectivity index (χ2v) is 5.04. The Morgan fingerprint density at radius 3 is 2.79 bits per heavy atom. The van der Waals surface area contributed by atoms with E-state index in [9.17, 15) is 0 Å². The molecule has 2 aromatic carbocycles. The lowest BCUT2D eigenvalue weighted by molar-refractivity contribution is 0.165. The lowest BCUT2D eigenvalue weighted by Crippen LogP contribution is -2.10. The highest BCUT2D eigenvalue weighted by Crippen LogP contribution is 2.26. The van der Waals surface area contributed by atoms with Gasteiger partial charge in [0.05, 0.1) is 18.0 Å². The van der Waals surface area contributed by atoms with Crippen LogP contribution < -0.4 is 9.57 Å². The van der Waals surface area contributed by atoms with Crippen molar-refractivity contribution in [2.24, 2.45) is 0 Å². The van der Waals surface area contributed by atoms with Crippen molar-refractivity contribution in [1.82, 2.24) is 25.1 Å². The highest BCUT2D eigenvalue weighted by Gasteiger charge is 2.12. The molecule has 7 nitrogen and oxygen atoms in total. The molecule has 0 bridgehead atoms. The molecule has 0 aliphatic carbocycles. The van der Waals surface area contributed by atoms with E-state index in [0.717, 1.165) is 22.0 Å². The lowest BCUT2D eigenvalue weighted by Gasteiger charge is -2.08. The monoisotopic (exact) mass is 319 g/mol. The van der Waals surface area contributed by atoms with Crippen molar-refractivity contribution in [3.63, 3.8) is 0 Å². The molecule has 0 atom stereocenters. The van der Waals surface area contributed by atoms with Crippen LogP contribution in [0.1, 0.15) is 5.56 Å². The minimum absolute atomic E-state index is 0.126. The summed E-state index contributed by atoms with van der Waals surface area (Å²) < 4.78 is 5.36. The number of ether oxygens (including phenoxy) is 1. The number of para-hydroxylation sites is 1. The summed E-state index contributed by atoms with van der Waals surface area (Å²) in [6.07, 6.45) is 1.75. The molecule has 0 radical (unpaired) electrons. The topological polar surface area (TPSA) is 75.0 Å². The fourth-order valence-electron chi connectivity index (χ4n) is 2.41. The fourth-order valence-corrected chi connectivity index (χ4v) is 2.41. The number of rotatable bonds is 4. The molecular weight excluding hydrogens is 306 g/mol. The number of benzene rings is 2. The highest BCUT2D eigenvalue weighted by atomic mass is 16.7. The van der Waals surface area contributed by atoms with E-state index in [-0.39, 0.29) is 6.01 Å². The van der Waals surface area contributed by atoms with E-state index >= 15 is 0 Å². The third-order valence-electron chi connectivity index (χ3n) is 3.58. The minimum atomic E-state index is 0.126. The van der Waals surface area contributed by atoms with Gasteiger partial charge >= 0.3 is 6.01 Å². The predicted octanol–water partition coefficient (Wildman–Crippen LogP) is 2.87. The third-order valence-corrected chi connectivity index (χ3v) is 3.58. The van der Waals surface area contributed by atoms with Crippen LogP contribution in [0, 0.1) is 0 Å². The summed E-state index contributed by atoms with van der Waals surface area (Å²) in [5, 5.41) is 8.78. The molecule has 0 saturated heterocycles. The number of hydrogen-bond donors (Lipinski definition) is 0. The largest absolute Gasteiger partial charge is 0.480 e. The van der Waals surface area contributed by atoms with Gasteiger partial charge in [0.1, 0.15) is 11.0 Å². The summed E-state index contributed by atoms with van der Waals surface area (Å²) in [6, 6.07) is 13.3. The Morgan fingerprint density at radius 1 is 1.08 bits per heavy atom. The normalized spacial score (nSPS) is 10.9. The molecule has 0 aliphatic heterocycles. The average Bonchev–Trinajstić information content (AvgIpc) is 3.03. The van der Waals surface area contributed by atoms with E-state index in [2.05, 4.69) is 26.9 Å². The Labute approximate surface area is 137 Å². The van der Waals surface area contributed by atoms with Crippen molar-refractivity contribution >= 4 is 28.0 Å². The predicted molar refractivity (Wildman–Crippen MR) is 89.7 cm³/mol. The molecule has 24 heavy (non-hydrogen) atoms. The van der Waals surface area contributed by atoms with Gasteiger partial charge in [-0.2, -0.15) is 9.97 Å². The average molecular weight is 319 g/mol. The molecule has 0 spiro atoms. The van der Waals surface area contributed by atoms with Crippen LogP contribution in [0.2, 0.25) is 0 Å². The van der Waals surface area contributed by atoms with Crippen molar-refractivity contribution in [1.29, 1.82) is 0 Å². The zero-order chi connectivity index (χ0) is 16.5. The maximum absolute atomic E-state index is 5.66. The van der Waals surface area contributed by atoms with Crippen molar-refractivity contribution in [3.8, 4) is 11.9 Å². The maximum atomic E-state index is 5.66. The Bertz CT molecular complexity index is 1060. The van der Waals surface area contributed by atoms with E-state index in [0.29, 0.717) is 11.4 Å². The SMILES string of the molecule is C=Cc1ccc2nc(On3nnc4ccccc43)nc(OC)c2c1. The van der Waals surface area contributed by atoms with Crippen LogP contribution in [0.3, 0.4) is 0 Å². The van der Waals surface area contributed by atoms with Gasteiger partial charge < -0.3 is 9.57 Å². The molecule has 2 aromatic heterocycles. The van der Waals surface area contributed by atoms with Gasteiger partial charge in [-0.1, -0.05) is 35.7 Å². The zero-order valence-electron chi connectivity index (χ0n) is 12.9. The highest BCUT2D eigenvalue weighted by molar-refractivity contribution is 5.86. The van der Waals surface area contributed by atoms with E-state index in [1.807, 2.05) is 42.5 Å². The molecule has 4 rings (SSSR count). The van der Waals surface area contributed by atoms with E-state index in [1.54, 1.807) is 13.2 Å². The van der Waals surface area contributed by atoms with E-state index in [1.165, 1.54) is 4.85 Å². The van der Waals surface area contributed by atoms with E-state index in [4.69, 9.17) is 9.57 Å². The fraction of sp³-hybridized carbons (Fsp3) is 0.0588. The van der Waals surface area contributed by atoms with Gasteiger partial charge in [0.2, 0.25) is 5.88 Å². The maximum Gasteiger partial charge on any atom is 0.349 e. The van der Waals surface area contributed by atoms with Crippen LogP contribution >= 0.6 is 0 Å². The number of nitrogens with zero attached hydrogens (tertiary/aromatic N) is 5. The lowest BCUT2D eigenvalue weighted by atomic mass is 10.1. The molecule has 7 heteroatoms. The van der Waals surface area contributed by atoms with Crippen molar-refractivity contribution in [2.45, 2.75) is 0 Å². The van der Waals surface area contributed by atoms with Gasteiger partial charge in [0.25, 0.3) is 0 Å². The minimum Gasteiger partial charge on any atom is -0.480 e. The van der Waals surface area contributed by atoms with Gasteiger partial charge in [-0.3, -0.25) is 0 Å². The molecule has 0 unspecified atom stereocenters. The van der Waals surface area contributed by atoms with Crippen molar-refractivity contribution < 1.29 is 9.57 Å². The molecule has 4 aromatic rings. The van der Waals surface area contributed by atoms with Crippen LogP contribution in [-0.2, 0) is 0 Å². The molecule has 0 amide bonds. The van der Waals surface area contributed by atoms with Gasteiger partial charge in [0, 0.05) is 0 Å². The molecule has 0 saturated carbocycles. The Morgan fingerprint density at radius 2 is 1.96 bits per heavy atom. The van der Waals surface area contributed by atoms with Crippen LogP contribution in [-0.4, -0.2) is 32.2 Å². The van der Waals surface area contributed by atoms with Crippen molar-refractivity contribution in [2.75, 3.05) is 7.11 Å². The first-order valence-corrected chi connectivity index (χ1v) is 7.25. The van der Waals surface area contributed by atoms with E-state index < -0.39 is 0 Å². The smallest absolute Gasteiger partial charge is 0.349 e. The molecular formula is C17H13N5O2. The second-order valence-electron chi connectivity index (χ2n) is 5.04. The second kappa shape index (κ2) is 5.62. The standard InChI is InChI=1S/C17H13N5O2/c1-3-11-8-9-13-12(10-11)16(23-2)19-17(18-13)24-22-15-7-5-4-6-14(15)20-21-22/h3-10H,1H2,2H3. The van der Waals surface area contributed by atoms with Crippen molar-refractivity contribution in [3.05, 3.63) is 54.6 Å². The number of aromatic nitrogens is 5. The third kappa shape index (κ3) is 2.32. The Hall–Kier alpha value is -3.48. The molecule has 2 heterocycles. The first-order chi connectivity index (χ1) is 11.8. The van der Waals surface area contributed by atoms with Crippen LogP contribution in [0.15, 0.2) is 49.0 Å². The number of hydrogen-bond acceptors (Lipinski definition) is 6. The van der Waals surface area contributed by atoms with Gasteiger partial charge in [-0.15, -0.1) is 5.10 Å². The van der Waals surface area contributed by atoms with Gasteiger partial charge in [0.15, 0.2) is 0 Å². The summed E-state index contributed by atoms with van der Waals surface area (Å²) in [7, 11) is 1.55. The van der Waals surface area contributed by atoms with Gasteiger partial charge in [-0.25, -0.2) is 0 Å². The summed E-state index contributed by atoms with van der Waals surface area (Å²) >= 11 is 0.